The van der Waals surface area contributed by atoms with Gasteiger partial charge in [-0.1, -0.05) is 48.5 Å². The lowest BCUT2D eigenvalue weighted by atomic mass is 10.0. The van der Waals surface area contributed by atoms with Crippen LogP contribution in [0.2, 0.25) is 0 Å². The molecule has 0 bridgehead atoms. The molecule has 3 aromatic carbocycles. The maximum atomic E-state index is 13.9. The van der Waals surface area contributed by atoms with Crippen molar-refractivity contribution in [2.75, 3.05) is 14.2 Å². The largest absolute Gasteiger partial charge is 0.493 e. The first kappa shape index (κ1) is 23.7. The Morgan fingerprint density at radius 1 is 1.00 bits per heavy atom. The van der Waals surface area contributed by atoms with Gasteiger partial charge in [0.2, 0.25) is 0 Å². The van der Waals surface area contributed by atoms with Crippen molar-refractivity contribution >= 4 is 5.91 Å². The smallest absolute Gasteiger partial charge is 0.254 e. The van der Waals surface area contributed by atoms with Gasteiger partial charge in [-0.15, -0.1) is 0 Å². The summed E-state index contributed by atoms with van der Waals surface area (Å²) in [6.07, 6.45) is 4.33. The second-order valence-electron chi connectivity index (χ2n) is 9.13. The molecule has 6 heteroatoms. The fourth-order valence-electron chi connectivity index (χ4n) is 4.85. The SMILES string of the molecule is COc1ccc(C(=O)N(Cc2cccc(-c3cn4c(n3)CCC4)c2)C(C)c2ccccc2)cc1OC. The van der Waals surface area contributed by atoms with Gasteiger partial charge in [0.1, 0.15) is 5.82 Å². The Balaban J connectivity index is 1.48. The van der Waals surface area contributed by atoms with E-state index in [1.165, 1.54) is 0 Å². The van der Waals surface area contributed by atoms with Gasteiger partial charge in [-0.2, -0.15) is 0 Å². The van der Waals surface area contributed by atoms with Crippen molar-refractivity contribution in [1.82, 2.24) is 14.5 Å². The molecular formula is C30H31N3O3. The third kappa shape index (κ3) is 4.71. The second-order valence-corrected chi connectivity index (χ2v) is 9.13. The summed E-state index contributed by atoms with van der Waals surface area (Å²) in [6.45, 7) is 3.56. The minimum absolute atomic E-state index is 0.0707. The number of fused-ring (bicyclic) bond motifs is 1. The molecule has 0 saturated heterocycles. The Morgan fingerprint density at radius 2 is 1.81 bits per heavy atom. The lowest BCUT2D eigenvalue weighted by Gasteiger charge is -2.30. The van der Waals surface area contributed by atoms with E-state index in [2.05, 4.69) is 48.0 Å². The summed E-state index contributed by atoms with van der Waals surface area (Å²) < 4.78 is 13.1. The van der Waals surface area contributed by atoms with Gasteiger partial charge in [0, 0.05) is 36.8 Å². The minimum Gasteiger partial charge on any atom is -0.493 e. The number of rotatable bonds is 8. The number of benzene rings is 3. The molecule has 1 aromatic heterocycles. The Kier molecular flexibility index (Phi) is 6.76. The molecule has 4 aromatic rings. The Hall–Kier alpha value is -4.06. The molecule has 1 aliphatic rings. The fourth-order valence-corrected chi connectivity index (χ4v) is 4.85. The Morgan fingerprint density at radius 3 is 2.56 bits per heavy atom. The Labute approximate surface area is 212 Å². The first-order valence-electron chi connectivity index (χ1n) is 12.3. The lowest BCUT2D eigenvalue weighted by Crippen LogP contribution is -2.33. The van der Waals surface area contributed by atoms with Crippen molar-refractivity contribution in [2.24, 2.45) is 0 Å². The number of aryl methyl sites for hydroxylation is 2. The van der Waals surface area contributed by atoms with Crippen LogP contribution in [0.25, 0.3) is 11.3 Å². The summed E-state index contributed by atoms with van der Waals surface area (Å²) in [7, 11) is 3.17. The summed E-state index contributed by atoms with van der Waals surface area (Å²) in [5.74, 6) is 2.21. The number of nitrogens with zero attached hydrogens (tertiary/aromatic N) is 3. The molecule has 2 heterocycles. The highest BCUT2D eigenvalue weighted by atomic mass is 16.5. The summed E-state index contributed by atoms with van der Waals surface area (Å²) in [4.78, 5) is 20.6. The van der Waals surface area contributed by atoms with Crippen molar-refractivity contribution in [1.29, 1.82) is 0 Å². The molecule has 5 rings (SSSR count). The molecular weight excluding hydrogens is 450 g/mol. The number of carbonyl (C=O) groups is 1. The van der Waals surface area contributed by atoms with Crippen LogP contribution in [0.5, 0.6) is 11.5 Å². The summed E-state index contributed by atoms with van der Waals surface area (Å²) >= 11 is 0. The molecule has 0 saturated carbocycles. The topological polar surface area (TPSA) is 56.6 Å². The lowest BCUT2D eigenvalue weighted by molar-refractivity contribution is 0.0673. The summed E-state index contributed by atoms with van der Waals surface area (Å²) in [5, 5.41) is 0. The van der Waals surface area contributed by atoms with E-state index < -0.39 is 0 Å². The molecule has 1 atom stereocenters. The van der Waals surface area contributed by atoms with Crippen LogP contribution in [0.15, 0.2) is 79.0 Å². The van der Waals surface area contributed by atoms with Gasteiger partial charge in [0.25, 0.3) is 5.91 Å². The van der Waals surface area contributed by atoms with Gasteiger partial charge in [0.15, 0.2) is 11.5 Å². The third-order valence-electron chi connectivity index (χ3n) is 6.88. The fraction of sp³-hybridized carbons (Fsp3) is 0.267. The van der Waals surface area contributed by atoms with E-state index >= 15 is 0 Å². The molecule has 184 valence electrons. The standard InChI is InChI=1S/C30H31N3O3/c1-21(23-10-5-4-6-11-23)33(30(34)25-14-15-27(35-2)28(18-25)36-3)19-22-9-7-12-24(17-22)26-20-32-16-8-13-29(32)31-26/h4-7,9-12,14-15,17-18,20-21H,8,13,16,19H2,1-3H3. The molecule has 0 radical (unpaired) electrons. The number of carbonyl (C=O) groups excluding carboxylic acids is 1. The quantitative estimate of drug-likeness (QED) is 0.314. The normalized spacial score (nSPS) is 13.2. The predicted octanol–water partition coefficient (Wildman–Crippen LogP) is 5.92. The molecule has 1 aliphatic heterocycles. The van der Waals surface area contributed by atoms with Crippen LogP contribution in [0, 0.1) is 0 Å². The van der Waals surface area contributed by atoms with E-state index in [-0.39, 0.29) is 11.9 Å². The zero-order valence-electron chi connectivity index (χ0n) is 21.0. The number of ether oxygens (including phenoxy) is 2. The zero-order chi connectivity index (χ0) is 25.1. The highest BCUT2D eigenvalue weighted by Gasteiger charge is 2.24. The number of amides is 1. The van der Waals surface area contributed by atoms with Crippen molar-refractivity contribution < 1.29 is 14.3 Å². The molecule has 0 fully saturated rings. The van der Waals surface area contributed by atoms with Crippen LogP contribution in [-0.4, -0.2) is 34.6 Å². The maximum Gasteiger partial charge on any atom is 0.254 e. The number of methoxy groups -OCH3 is 2. The van der Waals surface area contributed by atoms with Crippen LogP contribution >= 0.6 is 0 Å². The van der Waals surface area contributed by atoms with Gasteiger partial charge >= 0.3 is 0 Å². The van der Waals surface area contributed by atoms with Gasteiger partial charge < -0.3 is 18.9 Å². The van der Waals surface area contributed by atoms with Gasteiger partial charge in [-0.05, 0) is 48.7 Å². The van der Waals surface area contributed by atoms with E-state index in [0.29, 0.717) is 23.6 Å². The van der Waals surface area contributed by atoms with E-state index in [9.17, 15) is 4.79 Å². The van der Waals surface area contributed by atoms with Gasteiger partial charge in [-0.3, -0.25) is 4.79 Å². The van der Waals surface area contributed by atoms with Crippen LogP contribution < -0.4 is 9.47 Å². The van der Waals surface area contributed by atoms with Gasteiger partial charge in [0.05, 0.1) is 26.0 Å². The summed E-state index contributed by atoms with van der Waals surface area (Å²) in [5.41, 5.74) is 4.74. The van der Waals surface area contributed by atoms with E-state index in [1.807, 2.05) is 29.2 Å². The third-order valence-corrected chi connectivity index (χ3v) is 6.88. The molecule has 1 amide bonds. The highest BCUT2D eigenvalue weighted by molar-refractivity contribution is 5.95. The summed E-state index contributed by atoms with van der Waals surface area (Å²) in [6, 6.07) is 23.6. The minimum atomic E-state index is -0.133. The molecule has 0 aliphatic carbocycles. The molecule has 1 unspecified atom stereocenters. The van der Waals surface area contributed by atoms with Crippen LogP contribution in [0.4, 0.5) is 0 Å². The molecule has 0 N–H and O–H groups in total. The van der Waals surface area contributed by atoms with Crippen molar-refractivity contribution in [3.63, 3.8) is 0 Å². The first-order chi connectivity index (χ1) is 17.6. The van der Waals surface area contributed by atoms with E-state index in [0.717, 1.165) is 47.6 Å². The number of imidazole rings is 1. The van der Waals surface area contributed by atoms with Crippen LogP contribution in [0.3, 0.4) is 0 Å². The zero-order valence-corrected chi connectivity index (χ0v) is 21.0. The van der Waals surface area contributed by atoms with Crippen molar-refractivity contribution in [3.8, 4) is 22.8 Å². The van der Waals surface area contributed by atoms with Gasteiger partial charge in [-0.25, -0.2) is 4.98 Å². The average Bonchev–Trinajstić information content (AvgIpc) is 3.54. The number of hydrogen-bond donors (Lipinski definition) is 0. The number of aromatic nitrogens is 2. The Bertz CT molecular complexity index is 1340. The highest BCUT2D eigenvalue weighted by Crippen LogP contribution is 2.31. The van der Waals surface area contributed by atoms with Crippen molar-refractivity contribution in [3.05, 3.63) is 102 Å². The first-order valence-corrected chi connectivity index (χ1v) is 12.3. The number of hydrogen-bond acceptors (Lipinski definition) is 4. The molecule has 0 spiro atoms. The van der Waals surface area contributed by atoms with Crippen molar-refractivity contribution in [2.45, 2.75) is 38.9 Å². The average molecular weight is 482 g/mol. The predicted molar refractivity (Wildman–Crippen MR) is 140 cm³/mol. The van der Waals surface area contributed by atoms with Crippen LogP contribution in [-0.2, 0) is 19.5 Å². The monoisotopic (exact) mass is 481 g/mol. The molecule has 6 nitrogen and oxygen atoms in total. The second kappa shape index (κ2) is 10.3. The van der Waals surface area contributed by atoms with E-state index in [1.54, 1.807) is 32.4 Å². The molecule has 36 heavy (non-hydrogen) atoms. The van der Waals surface area contributed by atoms with E-state index in [4.69, 9.17) is 14.5 Å². The maximum absolute atomic E-state index is 13.9. The van der Waals surface area contributed by atoms with Crippen LogP contribution in [0.1, 0.15) is 46.7 Å².